The highest BCUT2D eigenvalue weighted by molar-refractivity contribution is 6.23. The quantitative estimate of drug-likeness (QED) is 0.223. The van der Waals surface area contributed by atoms with Gasteiger partial charge in [-0.25, -0.2) is 9.97 Å². The number of hydrogen-bond acceptors (Lipinski definition) is 7. The Morgan fingerprint density at radius 1 is 0.897 bits per heavy atom. The van der Waals surface area contributed by atoms with E-state index in [0.29, 0.717) is 6.61 Å². The average Bonchev–Trinajstić information content (AvgIpc) is 3.25. The maximum Gasteiger partial charge on any atom is 0.138 e. The van der Waals surface area contributed by atoms with Crippen LogP contribution in [-0.4, -0.2) is 89.8 Å². The zero-order valence-electron chi connectivity index (χ0n) is 23.3. The molecule has 39 heavy (non-hydrogen) atoms. The van der Waals surface area contributed by atoms with Crippen LogP contribution >= 0.6 is 12.4 Å². The van der Waals surface area contributed by atoms with Gasteiger partial charge in [0.1, 0.15) is 18.0 Å². The first kappa shape index (κ1) is 28.0. The van der Waals surface area contributed by atoms with Crippen LogP contribution < -0.4 is 0 Å². The molecule has 0 radical (unpaired) electrons. The monoisotopic (exact) mass is 548 g/mol. The first-order valence-electron chi connectivity index (χ1n) is 14.4. The van der Waals surface area contributed by atoms with E-state index in [1.807, 2.05) is 6.07 Å². The van der Waals surface area contributed by atoms with Crippen molar-refractivity contribution in [2.75, 3.05) is 53.4 Å². The minimum Gasteiger partial charge on any atom is -0.395 e. The predicted molar refractivity (Wildman–Crippen MR) is 161 cm³/mol. The molecular weight excluding hydrogens is 508 g/mol. The van der Waals surface area contributed by atoms with Gasteiger partial charge in [0.15, 0.2) is 0 Å². The Hall–Kier alpha value is -2.58. The molecule has 0 atom stereocenters. The summed E-state index contributed by atoms with van der Waals surface area (Å²) < 4.78 is 0. The molecule has 0 amide bonds. The van der Waals surface area contributed by atoms with E-state index in [2.05, 4.69) is 70.3 Å². The molecule has 3 aliphatic rings. The highest BCUT2D eigenvalue weighted by atomic mass is 35.5. The summed E-state index contributed by atoms with van der Waals surface area (Å²) in [7, 11) is 4.14. The van der Waals surface area contributed by atoms with E-state index in [9.17, 15) is 0 Å². The van der Waals surface area contributed by atoms with Crippen LogP contribution in [0.4, 0.5) is 0 Å². The van der Waals surface area contributed by atoms with Gasteiger partial charge in [0.05, 0.1) is 16.7 Å². The number of para-hydroxylation sites is 1. The summed E-state index contributed by atoms with van der Waals surface area (Å²) in [5, 5.41) is 4.55. The molecule has 7 nitrogen and oxygen atoms in total. The second-order valence-corrected chi connectivity index (χ2v) is 11.3. The summed E-state index contributed by atoms with van der Waals surface area (Å²) in [6, 6.07) is 15.5. The molecule has 0 saturated carbocycles. The zero-order chi connectivity index (χ0) is 25.9. The van der Waals surface area contributed by atoms with Crippen molar-refractivity contribution in [2.45, 2.75) is 51.1 Å². The SMILES string of the molecule is CN(C)CCCO/N=C1\c2ccccc2-c2nc3c(CN4CCC(N5CCCCC5)CC4)cccc3nc21.Cl. The van der Waals surface area contributed by atoms with E-state index in [-0.39, 0.29) is 12.4 Å². The molecule has 1 aromatic heterocycles. The summed E-state index contributed by atoms with van der Waals surface area (Å²) in [6.45, 7) is 7.38. The Morgan fingerprint density at radius 3 is 2.44 bits per heavy atom. The van der Waals surface area contributed by atoms with Crippen LogP contribution in [-0.2, 0) is 11.4 Å². The molecule has 2 aromatic carbocycles. The summed E-state index contributed by atoms with van der Waals surface area (Å²) in [4.78, 5) is 23.6. The van der Waals surface area contributed by atoms with Gasteiger partial charge >= 0.3 is 0 Å². The van der Waals surface area contributed by atoms with E-state index in [1.54, 1.807) is 0 Å². The number of fused-ring (bicyclic) bond motifs is 4. The fourth-order valence-electron chi connectivity index (χ4n) is 6.25. The molecule has 2 aliphatic heterocycles. The number of piperidine rings is 2. The lowest BCUT2D eigenvalue weighted by atomic mass is 9.99. The van der Waals surface area contributed by atoms with Crippen molar-refractivity contribution in [3.8, 4) is 11.3 Å². The van der Waals surface area contributed by atoms with Gasteiger partial charge in [0.25, 0.3) is 0 Å². The van der Waals surface area contributed by atoms with E-state index >= 15 is 0 Å². The number of nitrogens with zero attached hydrogens (tertiary/aromatic N) is 6. The molecule has 0 bridgehead atoms. The van der Waals surface area contributed by atoms with E-state index in [4.69, 9.17) is 14.8 Å². The van der Waals surface area contributed by atoms with Gasteiger partial charge in [-0.1, -0.05) is 48.0 Å². The summed E-state index contributed by atoms with van der Waals surface area (Å²) in [5.74, 6) is 0. The molecule has 0 unspecified atom stereocenters. The van der Waals surface area contributed by atoms with Crippen molar-refractivity contribution in [3.63, 3.8) is 0 Å². The highest BCUT2D eigenvalue weighted by Gasteiger charge is 2.30. The Bertz CT molecular complexity index is 1300. The normalized spacial score (nSPS) is 19.3. The maximum atomic E-state index is 5.75. The second-order valence-electron chi connectivity index (χ2n) is 11.3. The largest absolute Gasteiger partial charge is 0.395 e. The minimum atomic E-state index is 0. The summed E-state index contributed by atoms with van der Waals surface area (Å²) in [5.41, 5.74) is 7.87. The molecule has 2 fully saturated rings. The number of likely N-dealkylation sites (tertiary alicyclic amines) is 2. The number of rotatable bonds is 8. The maximum absolute atomic E-state index is 5.75. The van der Waals surface area contributed by atoms with Crippen LogP contribution in [0.25, 0.3) is 22.3 Å². The Kier molecular flexibility index (Phi) is 9.13. The highest BCUT2D eigenvalue weighted by Crippen LogP contribution is 2.36. The van der Waals surface area contributed by atoms with Crippen LogP contribution in [0.3, 0.4) is 0 Å². The van der Waals surface area contributed by atoms with E-state index in [1.165, 1.54) is 50.8 Å². The van der Waals surface area contributed by atoms with Gasteiger partial charge in [-0.3, -0.25) is 4.90 Å². The van der Waals surface area contributed by atoms with Crippen molar-refractivity contribution in [1.82, 2.24) is 24.7 Å². The van der Waals surface area contributed by atoms with Crippen LogP contribution in [0.15, 0.2) is 47.6 Å². The molecule has 8 heteroatoms. The fraction of sp³-hybridized carbons (Fsp3) is 0.516. The van der Waals surface area contributed by atoms with Crippen molar-refractivity contribution >= 4 is 29.2 Å². The Morgan fingerprint density at radius 2 is 1.67 bits per heavy atom. The lowest BCUT2D eigenvalue weighted by molar-refractivity contribution is 0.0898. The molecule has 0 spiro atoms. The minimum absolute atomic E-state index is 0. The molecule has 6 rings (SSSR count). The molecule has 208 valence electrons. The number of hydrogen-bond donors (Lipinski definition) is 0. The number of benzene rings is 2. The lowest BCUT2D eigenvalue weighted by Gasteiger charge is -2.40. The third-order valence-corrected chi connectivity index (χ3v) is 8.29. The van der Waals surface area contributed by atoms with Crippen molar-refractivity contribution in [3.05, 3.63) is 59.3 Å². The molecule has 0 N–H and O–H groups in total. The van der Waals surface area contributed by atoms with Crippen molar-refractivity contribution in [2.24, 2.45) is 5.16 Å². The van der Waals surface area contributed by atoms with Gasteiger partial charge in [-0.05, 0) is 84.0 Å². The standard InChI is InChI=1S/C31H40N6O.ClH/c1-35(2)16-9-21-38-34-30-26-12-5-4-11-25(26)29-31(30)32-27-13-8-10-23(28(27)33-29)22-36-19-14-24(15-20-36)37-17-6-3-7-18-37;/h4-5,8,10-13,24H,3,6-7,9,14-22H2,1-2H3;1H/b34-30+;. The first-order valence-corrected chi connectivity index (χ1v) is 14.4. The second kappa shape index (κ2) is 12.7. The van der Waals surface area contributed by atoms with Gasteiger partial charge in [0.2, 0.25) is 0 Å². The van der Waals surface area contributed by atoms with Gasteiger partial charge in [0, 0.05) is 30.3 Å². The fourth-order valence-corrected chi connectivity index (χ4v) is 6.25. The molecular formula is C31H41ClN6O. The number of oxime groups is 1. The van der Waals surface area contributed by atoms with Gasteiger partial charge in [-0.2, -0.15) is 0 Å². The Labute approximate surface area is 238 Å². The topological polar surface area (TPSA) is 57.1 Å². The Balaban J connectivity index is 0.00000308. The summed E-state index contributed by atoms with van der Waals surface area (Å²) in [6.07, 6.45) is 7.62. The molecule has 3 heterocycles. The molecule has 3 aromatic rings. The molecule has 1 aliphatic carbocycles. The zero-order valence-corrected chi connectivity index (χ0v) is 24.1. The van der Waals surface area contributed by atoms with Crippen molar-refractivity contribution < 1.29 is 4.84 Å². The summed E-state index contributed by atoms with van der Waals surface area (Å²) >= 11 is 0. The van der Waals surface area contributed by atoms with E-state index in [0.717, 1.165) is 77.9 Å². The number of aromatic nitrogens is 2. The predicted octanol–water partition coefficient (Wildman–Crippen LogP) is 5.20. The average molecular weight is 549 g/mol. The van der Waals surface area contributed by atoms with Gasteiger partial charge < -0.3 is 14.6 Å². The smallest absolute Gasteiger partial charge is 0.138 e. The third kappa shape index (κ3) is 6.12. The van der Waals surface area contributed by atoms with Crippen LogP contribution in [0, 0.1) is 0 Å². The van der Waals surface area contributed by atoms with Crippen LogP contribution in [0.1, 0.15) is 55.3 Å². The third-order valence-electron chi connectivity index (χ3n) is 8.29. The lowest BCUT2D eigenvalue weighted by Crippen LogP contribution is -2.46. The first-order chi connectivity index (χ1) is 18.7. The van der Waals surface area contributed by atoms with Crippen molar-refractivity contribution in [1.29, 1.82) is 0 Å². The van der Waals surface area contributed by atoms with Crippen LogP contribution in [0.5, 0.6) is 0 Å². The van der Waals surface area contributed by atoms with Gasteiger partial charge in [-0.15, -0.1) is 12.4 Å². The van der Waals surface area contributed by atoms with E-state index < -0.39 is 0 Å². The number of halogens is 1. The van der Waals surface area contributed by atoms with Crippen LogP contribution in [0.2, 0.25) is 0 Å². The molecule has 2 saturated heterocycles.